The monoisotopic (exact) mass is 251 g/mol. The maximum atomic E-state index is 11.1. The van der Waals surface area contributed by atoms with Gasteiger partial charge in [0.15, 0.2) is 0 Å². The summed E-state index contributed by atoms with van der Waals surface area (Å²) in [5, 5.41) is 11.9. The van der Waals surface area contributed by atoms with Gasteiger partial charge in [-0.05, 0) is 42.0 Å². The van der Waals surface area contributed by atoms with Crippen LogP contribution in [0, 0.1) is 11.3 Å². The summed E-state index contributed by atoms with van der Waals surface area (Å²) in [6.07, 6.45) is 0. The SMILES string of the molecule is N#Cc1ccc(NCc2cccc(C(N)=O)c2)cc1. The third kappa shape index (κ3) is 3.33. The minimum Gasteiger partial charge on any atom is -0.381 e. The van der Waals surface area contributed by atoms with Gasteiger partial charge >= 0.3 is 0 Å². The number of hydrogen-bond acceptors (Lipinski definition) is 3. The van der Waals surface area contributed by atoms with Crippen LogP contribution in [0.1, 0.15) is 21.5 Å². The van der Waals surface area contributed by atoms with E-state index in [1.54, 1.807) is 30.3 Å². The lowest BCUT2D eigenvalue weighted by Gasteiger charge is -2.07. The van der Waals surface area contributed by atoms with Gasteiger partial charge in [0, 0.05) is 17.8 Å². The molecule has 2 aromatic carbocycles. The molecular weight excluding hydrogens is 238 g/mol. The number of rotatable bonds is 4. The third-order valence-corrected chi connectivity index (χ3v) is 2.72. The van der Waals surface area contributed by atoms with Crippen LogP contribution in [0.3, 0.4) is 0 Å². The molecule has 2 rings (SSSR count). The third-order valence-electron chi connectivity index (χ3n) is 2.72. The molecule has 94 valence electrons. The van der Waals surface area contributed by atoms with Crippen molar-refractivity contribution in [2.24, 2.45) is 5.73 Å². The van der Waals surface area contributed by atoms with Crippen LogP contribution in [-0.4, -0.2) is 5.91 Å². The fourth-order valence-corrected chi connectivity index (χ4v) is 1.70. The van der Waals surface area contributed by atoms with Crippen molar-refractivity contribution in [1.29, 1.82) is 5.26 Å². The lowest BCUT2D eigenvalue weighted by Crippen LogP contribution is -2.11. The minimum atomic E-state index is -0.430. The van der Waals surface area contributed by atoms with Crippen LogP contribution < -0.4 is 11.1 Å². The van der Waals surface area contributed by atoms with Crippen molar-refractivity contribution < 1.29 is 4.79 Å². The van der Waals surface area contributed by atoms with E-state index in [0.29, 0.717) is 17.7 Å². The highest BCUT2D eigenvalue weighted by molar-refractivity contribution is 5.92. The lowest BCUT2D eigenvalue weighted by molar-refractivity contribution is 0.1000. The predicted octanol–water partition coefficient (Wildman–Crippen LogP) is 2.27. The molecule has 2 aromatic rings. The Bertz CT molecular complexity index is 627. The fraction of sp³-hybridized carbons (Fsp3) is 0.0667. The van der Waals surface area contributed by atoms with Gasteiger partial charge in [-0.15, -0.1) is 0 Å². The maximum Gasteiger partial charge on any atom is 0.248 e. The molecule has 0 atom stereocenters. The topological polar surface area (TPSA) is 78.9 Å². The van der Waals surface area contributed by atoms with Gasteiger partial charge in [0.2, 0.25) is 5.91 Å². The van der Waals surface area contributed by atoms with Crippen molar-refractivity contribution in [3.8, 4) is 6.07 Å². The van der Waals surface area contributed by atoms with E-state index in [0.717, 1.165) is 11.3 Å². The van der Waals surface area contributed by atoms with E-state index in [4.69, 9.17) is 11.0 Å². The standard InChI is InChI=1S/C15H13N3O/c16-9-11-4-6-14(7-5-11)18-10-12-2-1-3-13(8-12)15(17)19/h1-8,18H,10H2,(H2,17,19). The van der Waals surface area contributed by atoms with E-state index in [9.17, 15) is 4.79 Å². The van der Waals surface area contributed by atoms with E-state index in [1.807, 2.05) is 18.2 Å². The van der Waals surface area contributed by atoms with Crippen molar-refractivity contribution >= 4 is 11.6 Å². The molecule has 0 saturated heterocycles. The summed E-state index contributed by atoms with van der Waals surface area (Å²) in [6, 6.07) is 16.4. The van der Waals surface area contributed by atoms with Crippen LogP contribution in [0.15, 0.2) is 48.5 Å². The zero-order valence-corrected chi connectivity index (χ0v) is 10.3. The molecule has 0 bridgehead atoms. The van der Waals surface area contributed by atoms with Crippen LogP contribution in [0.2, 0.25) is 0 Å². The van der Waals surface area contributed by atoms with Gasteiger partial charge in [-0.25, -0.2) is 0 Å². The molecule has 0 aliphatic heterocycles. The molecule has 0 aromatic heterocycles. The van der Waals surface area contributed by atoms with Gasteiger partial charge in [0.25, 0.3) is 0 Å². The largest absolute Gasteiger partial charge is 0.381 e. The zero-order chi connectivity index (χ0) is 13.7. The maximum absolute atomic E-state index is 11.1. The lowest BCUT2D eigenvalue weighted by atomic mass is 10.1. The molecule has 0 aliphatic rings. The molecule has 1 amide bonds. The first-order valence-corrected chi connectivity index (χ1v) is 5.82. The predicted molar refractivity (Wildman–Crippen MR) is 73.4 cm³/mol. The number of carbonyl (C=O) groups is 1. The zero-order valence-electron chi connectivity index (χ0n) is 10.3. The van der Waals surface area contributed by atoms with Gasteiger partial charge in [0.05, 0.1) is 11.6 Å². The van der Waals surface area contributed by atoms with E-state index in [-0.39, 0.29) is 0 Å². The molecule has 0 spiro atoms. The van der Waals surface area contributed by atoms with Gasteiger partial charge < -0.3 is 11.1 Å². The Labute approximate surface area is 111 Å². The van der Waals surface area contributed by atoms with E-state index >= 15 is 0 Å². The Morgan fingerprint density at radius 2 is 1.95 bits per heavy atom. The average Bonchev–Trinajstić information content (AvgIpc) is 2.46. The van der Waals surface area contributed by atoms with E-state index in [2.05, 4.69) is 11.4 Å². The highest BCUT2D eigenvalue weighted by atomic mass is 16.1. The summed E-state index contributed by atoms with van der Waals surface area (Å²) in [5.74, 6) is -0.430. The van der Waals surface area contributed by atoms with Crippen molar-refractivity contribution in [1.82, 2.24) is 0 Å². The van der Waals surface area contributed by atoms with E-state index in [1.165, 1.54) is 0 Å². The first-order chi connectivity index (χ1) is 9.19. The molecule has 4 heteroatoms. The smallest absolute Gasteiger partial charge is 0.248 e. The number of nitriles is 1. The number of primary amides is 1. The van der Waals surface area contributed by atoms with Crippen molar-refractivity contribution in [3.63, 3.8) is 0 Å². The molecule has 0 saturated carbocycles. The van der Waals surface area contributed by atoms with Crippen molar-refractivity contribution in [3.05, 3.63) is 65.2 Å². The average molecular weight is 251 g/mol. The normalized spacial score (nSPS) is 9.63. The Balaban J connectivity index is 2.03. The molecular formula is C15H13N3O. The van der Waals surface area contributed by atoms with Crippen LogP contribution in [0.25, 0.3) is 0 Å². The summed E-state index contributed by atoms with van der Waals surface area (Å²) in [6.45, 7) is 0.590. The number of amides is 1. The van der Waals surface area contributed by atoms with Crippen LogP contribution in [0.4, 0.5) is 5.69 Å². The minimum absolute atomic E-state index is 0.430. The number of hydrogen-bond donors (Lipinski definition) is 2. The van der Waals surface area contributed by atoms with Gasteiger partial charge in [-0.1, -0.05) is 12.1 Å². The Morgan fingerprint density at radius 3 is 2.58 bits per heavy atom. The number of nitrogens with one attached hydrogen (secondary N) is 1. The first kappa shape index (κ1) is 12.7. The molecule has 0 unspecified atom stereocenters. The number of anilines is 1. The molecule has 0 heterocycles. The first-order valence-electron chi connectivity index (χ1n) is 5.82. The summed E-state index contributed by atoms with van der Waals surface area (Å²) in [4.78, 5) is 11.1. The second-order valence-corrected chi connectivity index (χ2v) is 4.11. The summed E-state index contributed by atoms with van der Waals surface area (Å²) in [5.41, 5.74) is 8.25. The summed E-state index contributed by atoms with van der Waals surface area (Å²) >= 11 is 0. The Kier molecular flexibility index (Phi) is 3.79. The quantitative estimate of drug-likeness (QED) is 0.874. The number of benzene rings is 2. The van der Waals surface area contributed by atoms with Crippen LogP contribution >= 0.6 is 0 Å². The van der Waals surface area contributed by atoms with E-state index < -0.39 is 5.91 Å². The molecule has 0 fully saturated rings. The number of carbonyl (C=O) groups excluding carboxylic acids is 1. The molecule has 0 aliphatic carbocycles. The fourth-order valence-electron chi connectivity index (χ4n) is 1.70. The number of nitrogens with two attached hydrogens (primary N) is 1. The molecule has 19 heavy (non-hydrogen) atoms. The molecule has 3 N–H and O–H groups in total. The van der Waals surface area contributed by atoms with Crippen LogP contribution in [0.5, 0.6) is 0 Å². The van der Waals surface area contributed by atoms with Crippen molar-refractivity contribution in [2.75, 3.05) is 5.32 Å². The Hall–Kier alpha value is -2.80. The highest BCUT2D eigenvalue weighted by Crippen LogP contribution is 2.11. The van der Waals surface area contributed by atoms with Crippen molar-refractivity contribution in [2.45, 2.75) is 6.54 Å². The molecule has 0 radical (unpaired) electrons. The van der Waals surface area contributed by atoms with Gasteiger partial charge in [0.1, 0.15) is 0 Å². The Morgan fingerprint density at radius 1 is 1.21 bits per heavy atom. The second-order valence-electron chi connectivity index (χ2n) is 4.11. The van der Waals surface area contributed by atoms with Crippen LogP contribution in [-0.2, 0) is 6.54 Å². The highest BCUT2D eigenvalue weighted by Gasteiger charge is 2.01. The molecule has 4 nitrogen and oxygen atoms in total. The summed E-state index contributed by atoms with van der Waals surface area (Å²) in [7, 11) is 0. The summed E-state index contributed by atoms with van der Waals surface area (Å²) < 4.78 is 0. The van der Waals surface area contributed by atoms with Gasteiger partial charge in [-0.3, -0.25) is 4.79 Å². The number of nitrogens with zero attached hydrogens (tertiary/aromatic N) is 1. The second kappa shape index (κ2) is 5.69. The van der Waals surface area contributed by atoms with Gasteiger partial charge in [-0.2, -0.15) is 5.26 Å².